The van der Waals surface area contributed by atoms with Gasteiger partial charge in [-0.2, -0.15) is 11.8 Å². The fourth-order valence-electron chi connectivity index (χ4n) is 2.71. The lowest BCUT2D eigenvalue weighted by molar-refractivity contribution is 0.122. The number of ether oxygens (including phenoxy) is 1. The van der Waals surface area contributed by atoms with E-state index in [-0.39, 0.29) is 0 Å². The maximum absolute atomic E-state index is 5.80. The van der Waals surface area contributed by atoms with Crippen molar-refractivity contribution >= 4 is 23.3 Å². The maximum Gasteiger partial charge on any atom is 0.161 e. The van der Waals surface area contributed by atoms with E-state index in [0.717, 1.165) is 65.9 Å². The lowest BCUT2D eigenvalue weighted by atomic mass is 10.2. The van der Waals surface area contributed by atoms with Crippen LogP contribution in [0.25, 0.3) is 11.4 Å². The van der Waals surface area contributed by atoms with Gasteiger partial charge in [0.05, 0.1) is 18.9 Å². The van der Waals surface area contributed by atoms with Crippen LogP contribution in [0.2, 0.25) is 0 Å². The number of nitrogens with two attached hydrogens (primary N) is 1. The van der Waals surface area contributed by atoms with Gasteiger partial charge >= 0.3 is 0 Å². The van der Waals surface area contributed by atoms with E-state index < -0.39 is 0 Å². The minimum Gasteiger partial charge on any atom is -0.399 e. The molecule has 2 aliphatic rings. The number of nitrogen functional groups attached to an aromatic ring is 1. The van der Waals surface area contributed by atoms with E-state index in [0.29, 0.717) is 0 Å². The summed E-state index contributed by atoms with van der Waals surface area (Å²) in [5.74, 6) is 2.74. The van der Waals surface area contributed by atoms with Gasteiger partial charge in [-0.3, -0.25) is 0 Å². The number of rotatable bonds is 5. The zero-order valence-corrected chi connectivity index (χ0v) is 14.5. The molecular weight excluding hydrogens is 320 g/mol. The van der Waals surface area contributed by atoms with Gasteiger partial charge in [0, 0.05) is 41.4 Å². The highest BCUT2D eigenvalue weighted by atomic mass is 32.2. The monoisotopic (exact) mass is 342 g/mol. The third-order valence-electron chi connectivity index (χ3n) is 4.26. The van der Waals surface area contributed by atoms with Crippen LogP contribution in [-0.4, -0.2) is 41.5 Å². The molecule has 0 amide bonds. The standard InChI is InChI=1S/C18H22N4OS/c19-14-3-1-13(2-4-14)18-20-15(12-24-16-5-6-16)11-17(21-18)22-7-9-23-10-8-22/h1-4,11,16H,5-10,12,19H2. The molecule has 2 aromatic rings. The van der Waals surface area contributed by atoms with E-state index in [2.05, 4.69) is 11.0 Å². The Labute approximate surface area is 146 Å². The minimum atomic E-state index is 0.757. The van der Waals surface area contributed by atoms with Crippen molar-refractivity contribution in [2.24, 2.45) is 0 Å². The Morgan fingerprint density at radius 2 is 1.88 bits per heavy atom. The fraction of sp³-hybridized carbons (Fsp3) is 0.444. The van der Waals surface area contributed by atoms with Gasteiger partial charge in [-0.05, 0) is 37.1 Å². The van der Waals surface area contributed by atoms with Crippen LogP contribution in [0.1, 0.15) is 18.5 Å². The minimum absolute atomic E-state index is 0.757. The zero-order chi connectivity index (χ0) is 16.4. The molecule has 0 atom stereocenters. The Bertz CT molecular complexity index is 697. The first-order chi connectivity index (χ1) is 11.8. The summed E-state index contributed by atoms with van der Waals surface area (Å²) in [7, 11) is 0. The Hall–Kier alpha value is -1.79. The number of aromatic nitrogens is 2. The number of hydrogen-bond donors (Lipinski definition) is 1. The van der Waals surface area contributed by atoms with Crippen LogP contribution >= 0.6 is 11.8 Å². The molecule has 1 saturated heterocycles. The largest absolute Gasteiger partial charge is 0.399 e. The van der Waals surface area contributed by atoms with E-state index in [1.165, 1.54) is 12.8 Å². The van der Waals surface area contributed by atoms with Crippen LogP contribution in [0.15, 0.2) is 30.3 Å². The molecule has 1 aromatic heterocycles. The third-order valence-corrected chi connectivity index (χ3v) is 5.67. The van der Waals surface area contributed by atoms with Gasteiger partial charge in [0.15, 0.2) is 5.82 Å². The molecule has 1 aromatic carbocycles. The van der Waals surface area contributed by atoms with Gasteiger partial charge in [0.1, 0.15) is 5.82 Å². The molecular formula is C18H22N4OS. The van der Waals surface area contributed by atoms with Crippen molar-refractivity contribution in [3.05, 3.63) is 36.0 Å². The van der Waals surface area contributed by atoms with E-state index in [1.54, 1.807) is 0 Å². The van der Waals surface area contributed by atoms with Crippen LogP contribution < -0.4 is 10.6 Å². The number of benzene rings is 1. The second kappa shape index (κ2) is 6.99. The van der Waals surface area contributed by atoms with Gasteiger partial charge < -0.3 is 15.4 Å². The summed E-state index contributed by atoms with van der Waals surface area (Å²) in [5.41, 5.74) is 8.68. The molecule has 1 aliphatic carbocycles. The molecule has 2 fully saturated rings. The number of nitrogens with zero attached hydrogens (tertiary/aromatic N) is 3. The van der Waals surface area contributed by atoms with Crippen LogP contribution in [0.3, 0.4) is 0 Å². The molecule has 0 spiro atoms. The molecule has 2 N–H and O–H groups in total. The average Bonchev–Trinajstić information content (AvgIpc) is 3.46. The number of anilines is 2. The highest BCUT2D eigenvalue weighted by Crippen LogP contribution is 2.36. The van der Waals surface area contributed by atoms with Gasteiger partial charge in [-0.25, -0.2) is 9.97 Å². The third kappa shape index (κ3) is 3.82. The molecule has 1 aliphatic heterocycles. The van der Waals surface area contributed by atoms with Crippen molar-refractivity contribution in [1.82, 2.24) is 9.97 Å². The second-order valence-corrected chi connectivity index (χ2v) is 7.56. The topological polar surface area (TPSA) is 64.3 Å². The van der Waals surface area contributed by atoms with Crippen molar-refractivity contribution in [3.63, 3.8) is 0 Å². The summed E-state index contributed by atoms with van der Waals surface area (Å²) in [6, 6.07) is 9.93. The van der Waals surface area contributed by atoms with Crippen molar-refractivity contribution < 1.29 is 4.74 Å². The molecule has 0 radical (unpaired) electrons. The van der Waals surface area contributed by atoms with Gasteiger partial charge in [-0.1, -0.05) is 0 Å². The van der Waals surface area contributed by atoms with Crippen LogP contribution in [0.5, 0.6) is 0 Å². The molecule has 4 rings (SSSR count). The highest BCUT2D eigenvalue weighted by Gasteiger charge is 2.22. The quantitative estimate of drug-likeness (QED) is 0.843. The molecule has 6 heteroatoms. The van der Waals surface area contributed by atoms with E-state index in [9.17, 15) is 0 Å². The second-order valence-electron chi connectivity index (χ2n) is 6.27. The Morgan fingerprint density at radius 1 is 1.12 bits per heavy atom. The SMILES string of the molecule is Nc1ccc(-c2nc(CSC3CC3)cc(N3CCOCC3)n2)cc1. The van der Waals surface area contributed by atoms with E-state index >= 15 is 0 Å². The molecule has 0 bridgehead atoms. The first kappa shape index (κ1) is 15.7. The number of hydrogen-bond acceptors (Lipinski definition) is 6. The van der Waals surface area contributed by atoms with Crippen molar-refractivity contribution in [2.75, 3.05) is 36.9 Å². The predicted octanol–water partition coefficient (Wildman–Crippen LogP) is 2.96. The zero-order valence-electron chi connectivity index (χ0n) is 13.6. The summed E-state index contributed by atoms with van der Waals surface area (Å²) in [6.45, 7) is 3.28. The molecule has 1 saturated carbocycles. The number of thioether (sulfide) groups is 1. The van der Waals surface area contributed by atoms with Crippen molar-refractivity contribution in [2.45, 2.75) is 23.8 Å². The van der Waals surface area contributed by atoms with E-state index in [4.69, 9.17) is 20.4 Å². The van der Waals surface area contributed by atoms with Crippen molar-refractivity contribution in [1.29, 1.82) is 0 Å². The summed E-state index contributed by atoms with van der Waals surface area (Å²) >= 11 is 2.00. The summed E-state index contributed by atoms with van der Waals surface area (Å²) in [4.78, 5) is 11.9. The first-order valence-corrected chi connectivity index (χ1v) is 9.51. The first-order valence-electron chi connectivity index (χ1n) is 8.46. The summed E-state index contributed by atoms with van der Waals surface area (Å²) < 4.78 is 5.46. The molecule has 0 unspecified atom stereocenters. The summed E-state index contributed by atoms with van der Waals surface area (Å²) in [6.07, 6.45) is 2.69. The molecule has 126 valence electrons. The molecule has 24 heavy (non-hydrogen) atoms. The maximum atomic E-state index is 5.80. The lowest BCUT2D eigenvalue weighted by Crippen LogP contribution is -2.37. The number of morpholine rings is 1. The van der Waals surface area contributed by atoms with Gasteiger partial charge in [-0.15, -0.1) is 0 Å². The molecule has 2 heterocycles. The highest BCUT2D eigenvalue weighted by molar-refractivity contribution is 7.99. The van der Waals surface area contributed by atoms with E-state index in [1.807, 2.05) is 36.0 Å². The Balaban J connectivity index is 1.64. The van der Waals surface area contributed by atoms with Crippen LogP contribution in [0, 0.1) is 0 Å². The van der Waals surface area contributed by atoms with Gasteiger partial charge in [0.2, 0.25) is 0 Å². The Morgan fingerprint density at radius 3 is 2.58 bits per heavy atom. The van der Waals surface area contributed by atoms with Crippen LogP contribution in [-0.2, 0) is 10.5 Å². The Kier molecular flexibility index (Phi) is 4.58. The molecule has 5 nitrogen and oxygen atoms in total. The smallest absolute Gasteiger partial charge is 0.161 e. The average molecular weight is 342 g/mol. The normalized spacial score (nSPS) is 17.9. The van der Waals surface area contributed by atoms with Gasteiger partial charge in [0.25, 0.3) is 0 Å². The van der Waals surface area contributed by atoms with Crippen LogP contribution in [0.4, 0.5) is 11.5 Å². The summed E-state index contributed by atoms with van der Waals surface area (Å²) in [5, 5.41) is 0.826. The fourth-order valence-corrected chi connectivity index (χ4v) is 3.73. The van der Waals surface area contributed by atoms with Crippen molar-refractivity contribution in [3.8, 4) is 11.4 Å². The lowest BCUT2D eigenvalue weighted by Gasteiger charge is -2.28. The predicted molar refractivity (Wildman–Crippen MR) is 99.2 cm³/mol.